The molecule has 1 aromatic heterocycles. The molecule has 0 saturated carbocycles. The molecule has 42 heavy (non-hydrogen) atoms. The first-order valence-electron chi connectivity index (χ1n) is 14.8. The quantitative estimate of drug-likeness (QED) is 0.191. The Hall–Kier alpha value is -4.62. The number of nitrogens with zero attached hydrogens (tertiary/aromatic N) is 1. The monoisotopic (exact) mass is 560 g/mol. The standard InChI is InChI=1S/C35H36N4O3/c1-2-29(25-10-5-3-6-11-25)37-34(40)26-15-18-30-28(22-26)32(35(41)38-30)33(31-12-9-21-42-31)36-27-16-13-24(14-17-27)23-39-19-7-4-8-20-39/h3,5-6,9-18,21-22,29,36H,2,4,7-8,19-20,23H2,1H3,(H,37,40)(H,38,41)/b33-32-/t29-/m1/s1. The molecule has 1 saturated heterocycles. The topological polar surface area (TPSA) is 86.6 Å². The number of nitrogens with one attached hydrogen (secondary N) is 3. The number of likely N-dealkylation sites (tertiary alicyclic amines) is 1. The van der Waals surface area contributed by atoms with Crippen LogP contribution in [0.5, 0.6) is 0 Å². The molecule has 1 atom stereocenters. The summed E-state index contributed by atoms with van der Waals surface area (Å²) in [5, 5.41) is 9.56. The molecule has 0 bridgehead atoms. The van der Waals surface area contributed by atoms with Crippen molar-refractivity contribution in [1.82, 2.24) is 10.2 Å². The average Bonchev–Trinajstić information content (AvgIpc) is 3.68. The molecule has 3 heterocycles. The number of benzene rings is 3. The summed E-state index contributed by atoms with van der Waals surface area (Å²) in [7, 11) is 0. The van der Waals surface area contributed by atoms with Crippen LogP contribution in [0.4, 0.5) is 11.4 Å². The molecule has 0 aliphatic carbocycles. The van der Waals surface area contributed by atoms with Crippen LogP contribution in [-0.4, -0.2) is 29.8 Å². The first-order valence-corrected chi connectivity index (χ1v) is 14.8. The summed E-state index contributed by atoms with van der Waals surface area (Å²) in [5.41, 5.74) is 5.94. The lowest BCUT2D eigenvalue weighted by molar-refractivity contribution is -0.110. The number of hydrogen-bond donors (Lipinski definition) is 3. The smallest absolute Gasteiger partial charge is 0.258 e. The minimum atomic E-state index is -0.251. The van der Waals surface area contributed by atoms with Crippen molar-refractivity contribution in [2.45, 2.75) is 45.2 Å². The third-order valence-electron chi connectivity index (χ3n) is 8.04. The van der Waals surface area contributed by atoms with Crippen LogP contribution in [0.2, 0.25) is 0 Å². The van der Waals surface area contributed by atoms with Gasteiger partial charge in [-0.25, -0.2) is 0 Å². The van der Waals surface area contributed by atoms with E-state index < -0.39 is 0 Å². The molecule has 4 aromatic rings. The van der Waals surface area contributed by atoms with Crippen LogP contribution in [0, 0.1) is 0 Å². The Morgan fingerprint density at radius 1 is 0.952 bits per heavy atom. The minimum absolute atomic E-state index is 0.111. The van der Waals surface area contributed by atoms with Gasteiger partial charge in [-0.3, -0.25) is 14.5 Å². The molecule has 3 aromatic carbocycles. The molecular weight excluding hydrogens is 524 g/mol. The number of amides is 2. The maximum atomic E-state index is 13.4. The van der Waals surface area contributed by atoms with Crippen molar-refractivity contribution in [3.05, 3.63) is 119 Å². The zero-order valence-electron chi connectivity index (χ0n) is 23.9. The second-order valence-electron chi connectivity index (χ2n) is 10.9. The summed E-state index contributed by atoms with van der Waals surface area (Å²) in [4.78, 5) is 29.2. The predicted octanol–water partition coefficient (Wildman–Crippen LogP) is 7.08. The zero-order chi connectivity index (χ0) is 28.9. The summed E-state index contributed by atoms with van der Waals surface area (Å²) in [6.45, 7) is 5.28. The largest absolute Gasteiger partial charge is 0.463 e. The van der Waals surface area contributed by atoms with Crippen molar-refractivity contribution in [3.63, 3.8) is 0 Å². The molecule has 2 aliphatic heterocycles. The molecule has 6 rings (SSSR count). The Labute approximate surface area is 246 Å². The average molecular weight is 561 g/mol. The van der Waals surface area contributed by atoms with E-state index in [0.717, 1.165) is 37.3 Å². The molecule has 2 aliphatic rings. The fraction of sp³-hybridized carbons (Fsp3) is 0.257. The second kappa shape index (κ2) is 12.5. The molecule has 0 radical (unpaired) electrons. The fourth-order valence-corrected chi connectivity index (χ4v) is 5.79. The van der Waals surface area contributed by atoms with E-state index in [-0.39, 0.29) is 17.9 Å². The zero-order valence-corrected chi connectivity index (χ0v) is 23.9. The predicted molar refractivity (Wildman–Crippen MR) is 167 cm³/mol. The molecule has 3 N–H and O–H groups in total. The lowest BCUT2D eigenvalue weighted by atomic mass is 9.99. The fourth-order valence-electron chi connectivity index (χ4n) is 5.79. The summed E-state index contributed by atoms with van der Waals surface area (Å²) in [6.07, 6.45) is 6.19. The van der Waals surface area contributed by atoms with E-state index in [1.807, 2.05) is 55.5 Å². The first-order chi connectivity index (χ1) is 20.6. The van der Waals surface area contributed by atoms with Crippen LogP contribution in [-0.2, 0) is 11.3 Å². The van der Waals surface area contributed by atoms with Crippen LogP contribution in [0.25, 0.3) is 11.3 Å². The van der Waals surface area contributed by atoms with Crippen molar-refractivity contribution < 1.29 is 14.0 Å². The molecule has 0 unspecified atom stereocenters. The Kier molecular flexibility index (Phi) is 8.19. The number of fused-ring (bicyclic) bond motifs is 1. The number of anilines is 2. The van der Waals surface area contributed by atoms with E-state index in [4.69, 9.17) is 4.42 Å². The van der Waals surface area contributed by atoms with Crippen LogP contribution in [0.3, 0.4) is 0 Å². The maximum absolute atomic E-state index is 13.4. The molecule has 2 amide bonds. The lowest BCUT2D eigenvalue weighted by Gasteiger charge is -2.26. The van der Waals surface area contributed by atoms with Crippen LogP contribution in [0.1, 0.15) is 71.5 Å². The highest BCUT2D eigenvalue weighted by molar-refractivity contribution is 6.37. The van der Waals surface area contributed by atoms with Crippen molar-refractivity contribution in [2.75, 3.05) is 23.7 Å². The number of rotatable bonds is 9. The van der Waals surface area contributed by atoms with Gasteiger partial charge in [0, 0.05) is 29.0 Å². The summed E-state index contributed by atoms with van der Waals surface area (Å²) >= 11 is 0. The van der Waals surface area contributed by atoms with Crippen molar-refractivity contribution >= 4 is 34.5 Å². The SMILES string of the molecule is CC[C@@H](NC(=O)c1ccc2c(c1)/C(=C(/Nc1ccc(CN3CCCCC3)cc1)c1ccco1)C(=O)N2)c1ccccc1. The molecule has 1 fully saturated rings. The van der Waals surface area contributed by atoms with E-state index in [1.54, 1.807) is 30.5 Å². The Morgan fingerprint density at radius 2 is 1.74 bits per heavy atom. The number of carbonyl (C=O) groups excluding carboxylic acids is 2. The molecule has 7 heteroatoms. The van der Waals surface area contributed by atoms with Crippen LogP contribution in [0.15, 0.2) is 95.6 Å². The minimum Gasteiger partial charge on any atom is -0.463 e. The Bertz CT molecular complexity index is 1570. The van der Waals surface area contributed by atoms with Gasteiger partial charge in [-0.1, -0.05) is 55.8 Å². The van der Waals surface area contributed by atoms with Gasteiger partial charge in [0.1, 0.15) is 0 Å². The molecular formula is C35H36N4O3. The third-order valence-corrected chi connectivity index (χ3v) is 8.04. The van der Waals surface area contributed by atoms with Gasteiger partial charge in [0.15, 0.2) is 5.76 Å². The highest BCUT2D eigenvalue weighted by Gasteiger charge is 2.30. The van der Waals surface area contributed by atoms with Crippen molar-refractivity contribution in [1.29, 1.82) is 0 Å². The van der Waals surface area contributed by atoms with E-state index in [2.05, 4.69) is 33.0 Å². The lowest BCUT2D eigenvalue weighted by Crippen LogP contribution is -2.29. The van der Waals surface area contributed by atoms with Gasteiger partial charge in [0.2, 0.25) is 0 Å². The summed E-state index contributed by atoms with van der Waals surface area (Å²) in [6, 6.07) is 27.1. The molecule has 7 nitrogen and oxygen atoms in total. The highest BCUT2D eigenvalue weighted by Crippen LogP contribution is 2.38. The van der Waals surface area contributed by atoms with Crippen molar-refractivity contribution in [3.8, 4) is 0 Å². The maximum Gasteiger partial charge on any atom is 0.258 e. The van der Waals surface area contributed by atoms with E-state index >= 15 is 0 Å². The number of hydrogen-bond acceptors (Lipinski definition) is 5. The summed E-state index contributed by atoms with van der Waals surface area (Å²) < 4.78 is 5.78. The van der Waals surface area contributed by atoms with Crippen LogP contribution >= 0.6 is 0 Å². The second-order valence-corrected chi connectivity index (χ2v) is 10.9. The van der Waals surface area contributed by atoms with Crippen molar-refractivity contribution in [2.24, 2.45) is 0 Å². The van der Waals surface area contributed by atoms with Gasteiger partial charge in [-0.2, -0.15) is 0 Å². The normalized spacial score (nSPS) is 16.8. The molecule has 214 valence electrons. The van der Waals surface area contributed by atoms with E-state index in [9.17, 15) is 9.59 Å². The highest BCUT2D eigenvalue weighted by atomic mass is 16.3. The van der Waals surface area contributed by atoms with Gasteiger partial charge in [0.25, 0.3) is 11.8 Å². The first kappa shape index (κ1) is 27.5. The van der Waals surface area contributed by atoms with Gasteiger partial charge in [0.05, 0.1) is 23.6 Å². The molecule has 0 spiro atoms. The van der Waals surface area contributed by atoms with Gasteiger partial charge in [-0.05, 0) is 85.9 Å². The van der Waals surface area contributed by atoms with E-state index in [0.29, 0.717) is 33.8 Å². The number of carbonyl (C=O) groups is 2. The van der Waals surface area contributed by atoms with Crippen LogP contribution < -0.4 is 16.0 Å². The Morgan fingerprint density at radius 3 is 2.45 bits per heavy atom. The van der Waals surface area contributed by atoms with Gasteiger partial charge >= 0.3 is 0 Å². The van der Waals surface area contributed by atoms with E-state index in [1.165, 1.54) is 24.8 Å². The number of piperidine rings is 1. The third kappa shape index (κ3) is 6.02. The van der Waals surface area contributed by atoms with Gasteiger partial charge < -0.3 is 20.4 Å². The Balaban J connectivity index is 1.29. The number of furan rings is 1. The van der Waals surface area contributed by atoms with Gasteiger partial charge in [-0.15, -0.1) is 0 Å². The summed E-state index contributed by atoms with van der Waals surface area (Å²) in [5.74, 6) is 0.0956.